The number of hydrogen-bond acceptors (Lipinski definition) is 5. The van der Waals surface area contributed by atoms with Crippen LogP contribution in [-0.4, -0.2) is 25.6 Å². The highest BCUT2D eigenvalue weighted by molar-refractivity contribution is 7.97. The number of hydrogen-bond donors (Lipinski definition) is 0. The predicted molar refractivity (Wildman–Crippen MR) is 97.0 cm³/mol. The molecule has 24 heavy (non-hydrogen) atoms. The first-order valence-corrected chi connectivity index (χ1v) is 8.97. The van der Waals surface area contributed by atoms with Crippen LogP contribution >= 0.6 is 35.0 Å². The molecule has 126 valence electrons. The molecule has 0 radical (unpaired) electrons. The van der Waals surface area contributed by atoms with Gasteiger partial charge < -0.3 is 9.47 Å². The van der Waals surface area contributed by atoms with E-state index in [-0.39, 0.29) is 16.3 Å². The lowest BCUT2D eigenvalue weighted by Gasteiger charge is -2.14. The van der Waals surface area contributed by atoms with Gasteiger partial charge in [-0.15, -0.1) is 0 Å². The topological polar surface area (TPSA) is 52.6 Å². The number of rotatable bonds is 6. The summed E-state index contributed by atoms with van der Waals surface area (Å²) in [7, 11) is 1.45. The summed E-state index contributed by atoms with van der Waals surface area (Å²) in [4.78, 5) is 23.5. The zero-order valence-corrected chi connectivity index (χ0v) is 15.3. The van der Waals surface area contributed by atoms with Crippen LogP contribution < -0.4 is 9.47 Å². The summed E-state index contributed by atoms with van der Waals surface area (Å²) in [5, 5.41) is 0.614. The highest BCUT2D eigenvalue weighted by Crippen LogP contribution is 2.35. The number of methoxy groups -OCH3 is 1. The van der Waals surface area contributed by atoms with Crippen LogP contribution in [0, 0.1) is 0 Å². The molecule has 2 aromatic rings. The van der Waals surface area contributed by atoms with Gasteiger partial charge in [-0.05, 0) is 36.6 Å². The van der Waals surface area contributed by atoms with Crippen LogP contribution in [0.2, 0.25) is 10.0 Å². The molecule has 0 fully saturated rings. The van der Waals surface area contributed by atoms with Crippen molar-refractivity contribution >= 4 is 47.2 Å². The Morgan fingerprint density at radius 1 is 1.21 bits per heavy atom. The maximum atomic E-state index is 12.4. The monoisotopic (exact) mass is 384 g/mol. The van der Waals surface area contributed by atoms with Crippen molar-refractivity contribution in [1.29, 1.82) is 0 Å². The summed E-state index contributed by atoms with van der Waals surface area (Å²) in [5.41, 5.74) is 1.41. The molecular formula is C17H14Cl2O4S. The van der Waals surface area contributed by atoms with Gasteiger partial charge >= 0.3 is 5.97 Å². The van der Waals surface area contributed by atoms with Crippen LogP contribution in [0.1, 0.15) is 26.3 Å². The van der Waals surface area contributed by atoms with E-state index in [4.69, 9.17) is 32.7 Å². The van der Waals surface area contributed by atoms with Crippen molar-refractivity contribution in [2.45, 2.75) is 5.75 Å². The fraction of sp³-hybridized carbons (Fsp3) is 0.176. The Morgan fingerprint density at radius 3 is 2.54 bits per heavy atom. The van der Waals surface area contributed by atoms with Crippen molar-refractivity contribution in [2.75, 3.05) is 13.4 Å². The zero-order valence-electron chi connectivity index (χ0n) is 13.0. The van der Waals surface area contributed by atoms with Crippen molar-refractivity contribution in [2.24, 2.45) is 0 Å². The first-order valence-electron chi connectivity index (χ1n) is 6.82. The minimum Gasteiger partial charge on any atom is -0.493 e. The predicted octanol–water partition coefficient (Wildman–Crippen LogP) is 4.90. The number of ether oxygens (including phenoxy) is 2. The molecule has 0 aliphatic rings. The van der Waals surface area contributed by atoms with Gasteiger partial charge in [-0.3, -0.25) is 4.79 Å². The molecule has 0 aliphatic carbocycles. The molecule has 0 aliphatic heterocycles. The van der Waals surface area contributed by atoms with Crippen molar-refractivity contribution in [3.8, 4) is 11.5 Å². The molecule has 0 unspecified atom stereocenters. The maximum Gasteiger partial charge on any atom is 0.343 e. The molecule has 0 heterocycles. The fourth-order valence-electron chi connectivity index (χ4n) is 2.06. The van der Waals surface area contributed by atoms with Gasteiger partial charge in [-0.2, -0.15) is 11.8 Å². The fourth-order valence-corrected chi connectivity index (χ4v) is 2.88. The molecular weight excluding hydrogens is 371 g/mol. The standard InChI is InChI=1S/C17H14Cl2O4S/c1-22-15-6-10(8-20)5-12(9-24-2)16(15)23-17(21)11-3-4-13(18)14(19)7-11/h3-8H,9H2,1-2H3. The van der Waals surface area contributed by atoms with E-state index in [1.54, 1.807) is 6.07 Å². The van der Waals surface area contributed by atoms with Crippen LogP contribution in [-0.2, 0) is 5.75 Å². The van der Waals surface area contributed by atoms with E-state index in [2.05, 4.69) is 0 Å². The summed E-state index contributed by atoms with van der Waals surface area (Å²) in [5.74, 6) is 0.570. The van der Waals surface area contributed by atoms with Gasteiger partial charge in [0, 0.05) is 16.9 Å². The number of esters is 1. The number of halogens is 2. The SMILES string of the molecule is COc1cc(C=O)cc(CSC)c1OC(=O)c1ccc(Cl)c(Cl)c1. The minimum atomic E-state index is -0.590. The van der Waals surface area contributed by atoms with E-state index in [9.17, 15) is 9.59 Å². The van der Waals surface area contributed by atoms with E-state index >= 15 is 0 Å². The smallest absolute Gasteiger partial charge is 0.343 e. The van der Waals surface area contributed by atoms with E-state index < -0.39 is 5.97 Å². The number of carbonyl (C=O) groups excluding carboxylic acids is 2. The Hall–Kier alpha value is -1.69. The van der Waals surface area contributed by atoms with Crippen LogP contribution in [0.3, 0.4) is 0 Å². The lowest BCUT2D eigenvalue weighted by molar-refractivity contribution is 0.0728. The van der Waals surface area contributed by atoms with Crippen LogP contribution in [0.5, 0.6) is 11.5 Å². The average molecular weight is 385 g/mol. The zero-order chi connectivity index (χ0) is 17.7. The van der Waals surface area contributed by atoms with Crippen molar-refractivity contribution in [3.05, 3.63) is 57.1 Å². The summed E-state index contributed by atoms with van der Waals surface area (Å²) in [6.45, 7) is 0. The Balaban J connectivity index is 2.41. The largest absolute Gasteiger partial charge is 0.493 e. The molecule has 2 rings (SSSR count). The number of carbonyl (C=O) groups is 2. The van der Waals surface area contributed by atoms with Gasteiger partial charge in [0.1, 0.15) is 6.29 Å². The molecule has 0 saturated heterocycles. The van der Waals surface area contributed by atoms with E-state index in [0.29, 0.717) is 27.7 Å². The molecule has 0 spiro atoms. The van der Waals surface area contributed by atoms with Gasteiger partial charge in [0.25, 0.3) is 0 Å². The van der Waals surface area contributed by atoms with Crippen LogP contribution in [0.25, 0.3) is 0 Å². The highest BCUT2D eigenvalue weighted by atomic mass is 35.5. The van der Waals surface area contributed by atoms with Crippen LogP contribution in [0.4, 0.5) is 0 Å². The molecule has 0 bridgehead atoms. The molecule has 0 amide bonds. The van der Waals surface area contributed by atoms with Gasteiger partial charge in [-0.25, -0.2) is 4.79 Å². The summed E-state index contributed by atoms with van der Waals surface area (Å²) < 4.78 is 10.8. The molecule has 4 nitrogen and oxygen atoms in total. The molecule has 0 N–H and O–H groups in total. The lowest BCUT2D eigenvalue weighted by Crippen LogP contribution is -2.11. The van der Waals surface area contributed by atoms with E-state index in [1.165, 1.54) is 43.1 Å². The summed E-state index contributed by atoms with van der Waals surface area (Å²) >= 11 is 13.3. The van der Waals surface area contributed by atoms with Crippen molar-refractivity contribution in [3.63, 3.8) is 0 Å². The Morgan fingerprint density at radius 2 is 1.96 bits per heavy atom. The highest BCUT2D eigenvalue weighted by Gasteiger charge is 2.18. The average Bonchev–Trinajstić information content (AvgIpc) is 2.58. The third-order valence-electron chi connectivity index (χ3n) is 3.16. The van der Waals surface area contributed by atoms with Gasteiger partial charge in [0.2, 0.25) is 0 Å². The van der Waals surface area contributed by atoms with E-state index in [1.807, 2.05) is 6.26 Å². The first kappa shape index (κ1) is 18.6. The maximum absolute atomic E-state index is 12.4. The second-order valence-corrected chi connectivity index (χ2v) is 6.46. The molecule has 0 saturated carbocycles. The Kier molecular flexibility index (Phi) is 6.54. The number of thioether (sulfide) groups is 1. The van der Waals surface area contributed by atoms with Gasteiger partial charge in [0.15, 0.2) is 11.5 Å². The lowest BCUT2D eigenvalue weighted by atomic mass is 10.1. The molecule has 2 aromatic carbocycles. The molecule has 0 aromatic heterocycles. The van der Waals surface area contributed by atoms with Crippen molar-refractivity contribution in [1.82, 2.24) is 0 Å². The van der Waals surface area contributed by atoms with Crippen LogP contribution in [0.15, 0.2) is 30.3 Å². The second kappa shape index (κ2) is 8.42. The van der Waals surface area contributed by atoms with Crippen molar-refractivity contribution < 1.29 is 19.1 Å². The van der Waals surface area contributed by atoms with Gasteiger partial charge in [-0.1, -0.05) is 23.2 Å². The third kappa shape index (κ3) is 4.23. The Labute approximate surface area is 154 Å². The second-order valence-electron chi connectivity index (χ2n) is 4.78. The normalized spacial score (nSPS) is 10.3. The summed E-state index contributed by atoms with van der Waals surface area (Å²) in [6.07, 6.45) is 2.63. The molecule has 7 heteroatoms. The summed E-state index contributed by atoms with van der Waals surface area (Å²) in [6, 6.07) is 7.68. The third-order valence-corrected chi connectivity index (χ3v) is 4.50. The minimum absolute atomic E-state index is 0.263. The van der Waals surface area contributed by atoms with E-state index in [0.717, 1.165) is 6.29 Å². The first-order chi connectivity index (χ1) is 11.5. The molecule has 0 atom stereocenters. The Bertz CT molecular complexity index is 777. The quantitative estimate of drug-likeness (QED) is 0.402. The number of benzene rings is 2. The van der Waals surface area contributed by atoms with Gasteiger partial charge in [0.05, 0.1) is 22.7 Å². The number of aldehydes is 1.